The molecule has 1 aromatic carbocycles. The van der Waals surface area contributed by atoms with Crippen molar-refractivity contribution in [1.29, 1.82) is 0 Å². The molecule has 0 bridgehead atoms. The highest BCUT2D eigenvalue weighted by atomic mass is 79.9. The molecule has 0 saturated carbocycles. The third-order valence-electron chi connectivity index (χ3n) is 2.96. The van der Waals surface area contributed by atoms with E-state index in [1.54, 1.807) is 0 Å². The van der Waals surface area contributed by atoms with Crippen molar-refractivity contribution in [2.24, 2.45) is 0 Å². The summed E-state index contributed by atoms with van der Waals surface area (Å²) in [6.07, 6.45) is 0. The molecule has 2 atom stereocenters. The van der Waals surface area contributed by atoms with E-state index >= 15 is 0 Å². The quantitative estimate of drug-likeness (QED) is 0.843. The molecule has 0 radical (unpaired) electrons. The Bertz CT molecular complexity index is 330. The molecule has 2 nitrogen and oxygen atoms in total. The summed E-state index contributed by atoms with van der Waals surface area (Å²) in [6.45, 7) is 6.65. The average molecular weight is 269 g/mol. The van der Waals surface area contributed by atoms with E-state index in [1.165, 1.54) is 10.2 Å². The van der Waals surface area contributed by atoms with E-state index in [1.807, 2.05) is 0 Å². The van der Waals surface area contributed by atoms with Gasteiger partial charge in [-0.15, -0.1) is 0 Å². The first-order chi connectivity index (χ1) is 7.20. The molecule has 1 aromatic rings. The lowest BCUT2D eigenvalue weighted by atomic mass is 10.1. The fourth-order valence-corrected chi connectivity index (χ4v) is 2.76. The van der Waals surface area contributed by atoms with E-state index in [9.17, 15) is 0 Å². The molecule has 1 saturated heterocycles. The lowest BCUT2D eigenvalue weighted by molar-refractivity contribution is 0.431. The van der Waals surface area contributed by atoms with Crippen molar-refractivity contribution in [2.45, 2.75) is 25.9 Å². The number of rotatable bonds is 1. The number of nitrogens with zero attached hydrogens (tertiary/aromatic N) is 1. The number of halogens is 1. The van der Waals surface area contributed by atoms with Crippen molar-refractivity contribution in [1.82, 2.24) is 5.32 Å². The van der Waals surface area contributed by atoms with Crippen molar-refractivity contribution >= 4 is 21.6 Å². The maximum atomic E-state index is 3.62. The van der Waals surface area contributed by atoms with Crippen LogP contribution < -0.4 is 10.2 Å². The van der Waals surface area contributed by atoms with Crippen LogP contribution in [0.5, 0.6) is 0 Å². The third kappa shape index (κ3) is 2.18. The Balaban J connectivity index is 2.31. The zero-order chi connectivity index (χ0) is 10.8. The van der Waals surface area contributed by atoms with Gasteiger partial charge >= 0.3 is 0 Å². The average Bonchev–Trinajstić information content (AvgIpc) is 2.20. The zero-order valence-corrected chi connectivity index (χ0v) is 10.8. The number of hydrogen-bond donors (Lipinski definition) is 1. The lowest BCUT2D eigenvalue weighted by Gasteiger charge is -2.41. The predicted molar refractivity (Wildman–Crippen MR) is 68.4 cm³/mol. The standard InChI is InChI=1S/C12H17BrN2/c1-9-7-14-8-10(2)15(9)12-6-4-3-5-11(12)13/h3-6,9-10,14H,7-8H2,1-2H3. The van der Waals surface area contributed by atoms with Crippen molar-refractivity contribution in [2.75, 3.05) is 18.0 Å². The van der Waals surface area contributed by atoms with Gasteiger partial charge in [0.25, 0.3) is 0 Å². The molecule has 2 rings (SSSR count). The summed E-state index contributed by atoms with van der Waals surface area (Å²) in [6, 6.07) is 9.55. The molecule has 1 aliphatic heterocycles. The summed E-state index contributed by atoms with van der Waals surface area (Å²) in [5.74, 6) is 0. The summed E-state index contributed by atoms with van der Waals surface area (Å²) in [5, 5.41) is 3.45. The van der Waals surface area contributed by atoms with E-state index in [-0.39, 0.29) is 0 Å². The number of hydrogen-bond acceptors (Lipinski definition) is 2. The normalized spacial score (nSPS) is 26.7. The monoisotopic (exact) mass is 268 g/mol. The molecule has 1 fully saturated rings. The van der Waals surface area contributed by atoms with Gasteiger partial charge in [-0.1, -0.05) is 12.1 Å². The highest BCUT2D eigenvalue weighted by Crippen LogP contribution is 2.29. The van der Waals surface area contributed by atoms with E-state index < -0.39 is 0 Å². The first kappa shape index (κ1) is 11.0. The van der Waals surface area contributed by atoms with Gasteiger partial charge in [0.1, 0.15) is 0 Å². The van der Waals surface area contributed by atoms with Gasteiger partial charge in [0.2, 0.25) is 0 Å². The first-order valence-corrected chi connectivity index (χ1v) is 6.23. The largest absolute Gasteiger partial charge is 0.363 e. The van der Waals surface area contributed by atoms with Crippen molar-refractivity contribution < 1.29 is 0 Å². The van der Waals surface area contributed by atoms with Gasteiger partial charge < -0.3 is 10.2 Å². The molecule has 3 heteroatoms. The Morgan fingerprint density at radius 2 is 1.80 bits per heavy atom. The van der Waals surface area contributed by atoms with Gasteiger partial charge in [-0.2, -0.15) is 0 Å². The van der Waals surface area contributed by atoms with Crippen LogP contribution in [-0.4, -0.2) is 25.2 Å². The molecule has 0 aromatic heterocycles. The summed E-state index contributed by atoms with van der Waals surface area (Å²) in [7, 11) is 0. The molecule has 0 aliphatic carbocycles. The fraction of sp³-hybridized carbons (Fsp3) is 0.500. The second-order valence-electron chi connectivity index (χ2n) is 4.21. The van der Waals surface area contributed by atoms with E-state index in [2.05, 4.69) is 64.3 Å². The minimum atomic E-state index is 0.549. The Morgan fingerprint density at radius 1 is 1.20 bits per heavy atom. The second kappa shape index (κ2) is 4.54. The van der Waals surface area contributed by atoms with E-state index in [4.69, 9.17) is 0 Å². The van der Waals surface area contributed by atoms with Crippen molar-refractivity contribution in [3.63, 3.8) is 0 Å². The maximum absolute atomic E-state index is 3.62. The molecule has 82 valence electrons. The first-order valence-electron chi connectivity index (χ1n) is 5.43. The lowest BCUT2D eigenvalue weighted by Crippen LogP contribution is -2.55. The highest BCUT2D eigenvalue weighted by Gasteiger charge is 2.25. The molecule has 0 spiro atoms. The van der Waals surface area contributed by atoms with Gasteiger partial charge in [-0.25, -0.2) is 0 Å². The van der Waals surface area contributed by atoms with Crippen molar-refractivity contribution in [3.05, 3.63) is 28.7 Å². The zero-order valence-electron chi connectivity index (χ0n) is 9.20. The minimum absolute atomic E-state index is 0.549. The van der Waals surface area contributed by atoms with Crippen LogP contribution in [0.1, 0.15) is 13.8 Å². The number of para-hydroxylation sites is 1. The molecule has 1 aliphatic rings. The molecule has 15 heavy (non-hydrogen) atoms. The number of anilines is 1. The Hall–Kier alpha value is -0.540. The van der Waals surface area contributed by atoms with Gasteiger partial charge in [0, 0.05) is 29.6 Å². The summed E-state index contributed by atoms with van der Waals surface area (Å²) in [5.41, 5.74) is 1.30. The number of piperazine rings is 1. The van der Waals surface area contributed by atoms with Crippen LogP contribution >= 0.6 is 15.9 Å². The minimum Gasteiger partial charge on any atom is -0.363 e. The molecule has 1 N–H and O–H groups in total. The van der Waals surface area contributed by atoms with E-state index in [0.29, 0.717) is 12.1 Å². The summed E-state index contributed by atoms with van der Waals surface area (Å²) in [4.78, 5) is 2.49. The predicted octanol–water partition coefficient (Wildman–Crippen LogP) is 2.64. The second-order valence-corrected chi connectivity index (χ2v) is 5.07. The van der Waals surface area contributed by atoms with Crippen LogP contribution in [0.15, 0.2) is 28.7 Å². The molecule has 2 unspecified atom stereocenters. The Kier molecular flexibility index (Phi) is 3.32. The summed E-state index contributed by atoms with van der Waals surface area (Å²) < 4.78 is 1.19. The molecule has 1 heterocycles. The van der Waals surface area contributed by atoms with Crippen LogP contribution in [0.25, 0.3) is 0 Å². The molecular weight excluding hydrogens is 252 g/mol. The van der Waals surface area contributed by atoms with Gasteiger partial charge in [0.05, 0.1) is 5.69 Å². The fourth-order valence-electron chi connectivity index (χ4n) is 2.27. The number of nitrogens with one attached hydrogen (secondary N) is 1. The summed E-state index contributed by atoms with van der Waals surface area (Å²) >= 11 is 3.62. The van der Waals surface area contributed by atoms with E-state index in [0.717, 1.165) is 13.1 Å². The van der Waals surface area contributed by atoms with Crippen LogP contribution in [0, 0.1) is 0 Å². The van der Waals surface area contributed by atoms with Crippen LogP contribution in [-0.2, 0) is 0 Å². The Morgan fingerprint density at radius 3 is 2.40 bits per heavy atom. The topological polar surface area (TPSA) is 15.3 Å². The van der Waals surface area contributed by atoms with Crippen LogP contribution in [0.4, 0.5) is 5.69 Å². The molecule has 0 amide bonds. The van der Waals surface area contributed by atoms with Gasteiger partial charge in [-0.05, 0) is 41.9 Å². The van der Waals surface area contributed by atoms with Gasteiger partial charge in [-0.3, -0.25) is 0 Å². The van der Waals surface area contributed by atoms with Crippen LogP contribution in [0.2, 0.25) is 0 Å². The SMILES string of the molecule is CC1CNCC(C)N1c1ccccc1Br. The van der Waals surface area contributed by atoms with Gasteiger partial charge in [0.15, 0.2) is 0 Å². The Labute approximate surface area is 99.8 Å². The third-order valence-corrected chi connectivity index (χ3v) is 3.63. The maximum Gasteiger partial charge on any atom is 0.0516 e. The smallest absolute Gasteiger partial charge is 0.0516 e. The molecular formula is C12H17BrN2. The highest BCUT2D eigenvalue weighted by molar-refractivity contribution is 9.10. The van der Waals surface area contributed by atoms with Crippen molar-refractivity contribution in [3.8, 4) is 0 Å². The number of benzene rings is 1. The van der Waals surface area contributed by atoms with Crippen LogP contribution in [0.3, 0.4) is 0 Å².